The molecule has 288 valence electrons. The summed E-state index contributed by atoms with van der Waals surface area (Å²) in [4.78, 5) is 52.5. The van der Waals surface area contributed by atoms with Gasteiger partial charge in [-0.25, -0.2) is 9.80 Å². The summed E-state index contributed by atoms with van der Waals surface area (Å²) < 4.78 is 0. The molecular weight excluding hydrogens is 693 g/mol. The average Bonchev–Trinajstić information content (AvgIpc) is 3.69. The van der Waals surface area contributed by atoms with E-state index in [0.29, 0.717) is 11.4 Å². The smallest absolute Gasteiger partial charge is 0.258 e. The minimum Gasteiger partial charge on any atom is -0.269 e. The van der Waals surface area contributed by atoms with Crippen molar-refractivity contribution < 1.29 is 19.2 Å². The van der Waals surface area contributed by atoms with Gasteiger partial charge in [0.15, 0.2) is 0 Å². The second kappa shape index (κ2) is 13.4. The largest absolute Gasteiger partial charge is 0.269 e. The first-order valence-electron chi connectivity index (χ1n) is 19.7. The molecule has 0 fully saturated rings. The standard InChI is InChI=1S/C50H54N2O4/c1-30-21-34(22-31(2)45(30)51-41(53)17-18-42(51)54)27-47(5,6)36-13-12-14-38(25-36)50(11)29-49(9,10)40-26-37(15-16-39(40)50)48(7,8)28-35-23-32(3)46(33(4)24-35)52-43(55)19-20-44(52)56/h12-26H,27-29H2,1-11H3. The van der Waals surface area contributed by atoms with Crippen LogP contribution in [0.4, 0.5) is 11.4 Å². The minimum atomic E-state index is -0.293. The second-order valence-electron chi connectivity index (χ2n) is 18.7. The predicted octanol–water partition coefficient (Wildman–Crippen LogP) is 9.81. The van der Waals surface area contributed by atoms with Crippen molar-refractivity contribution in [2.45, 2.75) is 117 Å². The Morgan fingerprint density at radius 3 is 1.38 bits per heavy atom. The monoisotopic (exact) mass is 746 g/mol. The van der Waals surface area contributed by atoms with Crippen LogP contribution in [0.15, 0.2) is 91.0 Å². The third kappa shape index (κ3) is 6.57. The van der Waals surface area contributed by atoms with Gasteiger partial charge in [0.2, 0.25) is 0 Å². The molecule has 0 radical (unpaired) electrons. The number of fused-ring (bicyclic) bond motifs is 1. The van der Waals surface area contributed by atoms with Crippen LogP contribution in [-0.2, 0) is 53.7 Å². The maximum absolute atomic E-state index is 12.5. The molecule has 0 aromatic heterocycles. The maximum Gasteiger partial charge on any atom is 0.258 e. The Morgan fingerprint density at radius 2 is 0.946 bits per heavy atom. The van der Waals surface area contributed by atoms with E-state index in [-0.39, 0.29) is 45.3 Å². The first-order valence-corrected chi connectivity index (χ1v) is 19.7. The number of hydrogen-bond acceptors (Lipinski definition) is 4. The van der Waals surface area contributed by atoms with E-state index < -0.39 is 0 Å². The van der Waals surface area contributed by atoms with Gasteiger partial charge in [-0.3, -0.25) is 19.2 Å². The summed E-state index contributed by atoms with van der Waals surface area (Å²) in [5, 5.41) is 0. The topological polar surface area (TPSA) is 74.8 Å². The van der Waals surface area contributed by atoms with Crippen LogP contribution in [0, 0.1) is 27.7 Å². The number of nitrogens with zero attached hydrogens (tertiary/aromatic N) is 2. The second-order valence-corrected chi connectivity index (χ2v) is 18.7. The molecule has 3 aliphatic rings. The molecule has 0 N–H and O–H groups in total. The number of carbonyl (C=O) groups excluding carboxylic acids is 4. The summed E-state index contributed by atoms with van der Waals surface area (Å²) in [7, 11) is 0. The quantitative estimate of drug-likeness (QED) is 0.160. The van der Waals surface area contributed by atoms with E-state index in [9.17, 15) is 19.2 Å². The Balaban J connectivity index is 1.15. The lowest BCUT2D eigenvalue weighted by Crippen LogP contribution is -2.31. The Labute approximate surface area is 332 Å². The van der Waals surface area contributed by atoms with Crippen LogP contribution in [-0.4, -0.2) is 23.6 Å². The first-order chi connectivity index (χ1) is 26.1. The van der Waals surface area contributed by atoms with Crippen LogP contribution in [0.1, 0.15) is 116 Å². The molecule has 6 nitrogen and oxygen atoms in total. The summed E-state index contributed by atoms with van der Waals surface area (Å²) >= 11 is 0. The lowest BCUT2D eigenvalue weighted by atomic mass is 9.72. The van der Waals surface area contributed by atoms with Crippen molar-refractivity contribution in [2.75, 3.05) is 9.80 Å². The van der Waals surface area contributed by atoms with Gasteiger partial charge in [0.05, 0.1) is 11.4 Å². The molecule has 2 heterocycles. The van der Waals surface area contributed by atoms with E-state index in [4.69, 9.17) is 0 Å². The molecule has 0 spiro atoms. The fourth-order valence-corrected chi connectivity index (χ4v) is 10.1. The van der Waals surface area contributed by atoms with Crippen molar-refractivity contribution in [1.82, 2.24) is 0 Å². The molecule has 0 saturated heterocycles. The van der Waals surface area contributed by atoms with Gasteiger partial charge in [-0.15, -0.1) is 0 Å². The van der Waals surface area contributed by atoms with Crippen molar-refractivity contribution in [3.05, 3.63) is 152 Å². The van der Waals surface area contributed by atoms with Gasteiger partial charge in [-0.2, -0.15) is 0 Å². The van der Waals surface area contributed by atoms with Crippen molar-refractivity contribution in [2.24, 2.45) is 0 Å². The zero-order valence-electron chi connectivity index (χ0n) is 34.8. The van der Waals surface area contributed by atoms with Crippen LogP contribution in [0.2, 0.25) is 0 Å². The van der Waals surface area contributed by atoms with E-state index in [1.807, 2.05) is 27.7 Å². The van der Waals surface area contributed by atoms with Gasteiger partial charge >= 0.3 is 0 Å². The summed E-state index contributed by atoms with van der Waals surface area (Å²) in [6.45, 7) is 24.3. The van der Waals surface area contributed by atoms with E-state index in [1.165, 1.54) is 73.0 Å². The van der Waals surface area contributed by atoms with Crippen molar-refractivity contribution in [3.8, 4) is 0 Å². The number of amides is 4. The SMILES string of the molecule is Cc1cc(CC(C)(C)c2cccc(C3(C)CC(C)(C)c4cc(C(C)(C)Cc5cc(C)c(N6C(=O)C=CC6=O)c(C)c5)ccc43)c2)cc(C)c1N1C(=O)C=CC1=O. The molecule has 4 aromatic rings. The molecule has 56 heavy (non-hydrogen) atoms. The lowest BCUT2D eigenvalue weighted by Gasteiger charge is -2.32. The number of imide groups is 2. The average molecular weight is 747 g/mol. The Morgan fingerprint density at radius 1 is 0.536 bits per heavy atom. The number of aryl methyl sites for hydroxylation is 4. The molecule has 4 amide bonds. The van der Waals surface area contributed by atoms with E-state index in [0.717, 1.165) is 41.5 Å². The number of anilines is 2. The van der Waals surface area contributed by atoms with Gasteiger partial charge in [0.25, 0.3) is 23.6 Å². The predicted molar refractivity (Wildman–Crippen MR) is 226 cm³/mol. The molecule has 4 aromatic carbocycles. The van der Waals surface area contributed by atoms with Crippen molar-refractivity contribution in [1.29, 1.82) is 0 Å². The third-order valence-electron chi connectivity index (χ3n) is 12.7. The molecule has 1 atom stereocenters. The van der Waals surface area contributed by atoms with Crippen molar-refractivity contribution >= 4 is 35.0 Å². The van der Waals surface area contributed by atoms with Gasteiger partial charge in [-0.1, -0.05) is 115 Å². The highest BCUT2D eigenvalue weighted by molar-refractivity contribution is 6.29. The number of rotatable bonds is 9. The summed E-state index contributed by atoms with van der Waals surface area (Å²) in [6, 6.07) is 24.8. The molecular formula is C50H54N2O4. The van der Waals surface area contributed by atoms with Crippen LogP contribution in [0.25, 0.3) is 0 Å². The summed E-state index contributed by atoms with van der Waals surface area (Å²) in [6.07, 6.45) is 7.97. The van der Waals surface area contributed by atoms with E-state index in [2.05, 4.69) is 115 Å². The molecule has 0 saturated carbocycles. The molecule has 0 bridgehead atoms. The number of benzene rings is 4. The van der Waals surface area contributed by atoms with Gasteiger partial charge in [-0.05, 0) is 124 Å². The van der Waals surface area contributed by atoms with E-state index >= 15 is 0 Å². The van der Waals surface area contributed by atoms with Crippen LogP contribution >= 0.6 is 0 Å². The van der Waals surface area contributed by atoms with Gasteiger partial charge in [0, 0.05) is 29.7 Å². The van der Waals surface area contributed by atoms with Crippen LogP contribution < -0.4 is 9.80 Å². The zero-order chi connectivity index (χ0) is 40.7. The molecule has 7 rings (SSSR count). The number of carbonyl (C=O) groups is 4. The molecule has 6 heteroatoms. The van der Waals surface area contributed by atoms with Gasteiger partial charge < -0.3 is 0 Å². The minimum absolute atomic E-state index is 0.0379. The number of hydrogen-bond donors (Lipinski definition) is 0. The van der Waals surface area contributed by atoms with Crippen molar-refractivity contribution in [3.63, 3.8) is 0 Å². The molecule has 1 unspecified atom stereocenters. The van der Waals surface area contributed by atoms with Crippen LogP contribution in [0.5, 0.6) is 0 Å². The Kier molecular flexibility index (Phi) is 9.30. The zero-order valence-corrected chi connectivity index (χ0v) is 34.8. The van der Waals surface area contributed by atoms with E-state index in [1.54, 1.807) is 0 Å². The fraction of sp³-hybridized carbons (Fsp3) is 0.360. The first kappa shape index (κ1) is 38.9. The fourth-order valence-electron chi connectivity index (χ4n) is 10.1. The normalized spacial score (nSPS) is 19.2. The van der Waals surface area contributed by atoms with Gasteiger partial charge in [0.1, 0.15) is 0 Å². The molecule has 1 aliphatic carbocycles. The lowest BCUT2D eigenvalue weighted by molar-refractivity contribution is -0.121. The van der Waals surface area contributed by atoms with Crippen LogP contribution in [0.3, 0.4) is 0 Å². The molecule has 2 aliphatic heterocycles. The highest BCUT2D eigenvalue weighted by Crippen LogP contribution is 2.54. The Bertz CT molecular complexity index is 2340. The highest BCUT2D eigenvalue weighted by atomic mass is 16.2. The Hall–Kier alpha value is -5.36. The maximum atomic E-state index is 12.5. The highest BCUT2D eigenvalue weighted by Gasteiger charge is 2.46. The summed E-state index contributed by atoms with van der Waals surface area (Å²) in [5.41, 5.74) is 13.5. The summed E-state index contributed by atoms with van der Waals surface area (Å²) in [5.74, 6) is -1.17. The third-order valence-corrected chi connectivity index (χ3v) is 12.7.